The van der Waals surface area contributed by atoms with Gasteiger partial charge >= 0.3 is 0 Å². The highest BCUT2D eigenvalue weighted by molar-refractivity contribution is 5.31. The molecule has 1 saturated carbocycles. The zero-order chi connectivity index (χ0) is 13.5. The molecule has 0 aromatic heterocycles. The van der Waals surface area contributed by atoms with Crippen molar-refractivity contribution >= 4 is 0 Å². The van der Waals surface area contributed by atoms with Gasteiger partial charge in [-0.15, -0.1) is 0 Å². The number of halogens is 2. The van der Waals surface area contributed by atoms with Crippen molar-refractivity contribution in [1.82, 2.24) is 0 Å². The summed E-state index contributed by atoms with van der Waals surface area (Å²) < 4.78 is 27.7. The van der Waals surface area contributed by atoms with E-state index in [2.05, 4.69) is 6.92 Å². The van der Waals surface area contributed by atoms with Crippen molar-refractivity contribution in [3.63, 3.8) is 0 Å². The van der Waals surface area contributed by atoms with Gasteiger partial charge < -0.3 is 5.11 Å². The molecule has 1 nitrogen and oxygen atoms in total. The number of rotatable bonds is 1. The lowest BCUT2D eigenvalue weighted by atomic mass is 9.69. The van der Waals surface area contributed by atoms with Gasteiger partial charge in [0.05, 0.1) is 5.60 Å². The van der Waals surface area contributed by atoms with Crippen LogP contribution in [0.1, 0.15) is 44.2 Å². The third kappa shape index (κ3) is 2.05. The molecule has 0 amide bonds. The average molecular weight is 254 g/mol. The molecular formula is C15H20F2O. The predicted molar refractivity (Wildman–Crippen MR) is 67.2 cm³/mol. The fraction of sp³-hybridized carbons (Fsp3) is 0.600. The van der Waals surface area contributed by atoms with E-state index in [0.717, 1.165) is 12.8 Å². The van der Waals surface area contributed by atoms with Crippen molar-refractivity contribution in [3.05, 3.63) is 34.9 Å². The third-order valence-corrected chi connectivity index (χ3v) is 4.33. The van der Waals surface area contributed by atoms with Gasteiger partial charge in [0.25, 0.3) is 0 Å². The molecule has 0 spiro atoms. The molecule has 1 aromatic rings. The second kappa shape index (κ2) is 4.61. The molecule has 0 aliphatic heterocycles. The number of aryl methyl sites for hydroxylation is 1. The summed E-state index contributed by atoms with van der Waals surface area (Å²) in [6, 6.07) is 3.07. The highest BCUT2D eigenvalue weighted by Crippen LogP contribution is 2.44. The summed E-state index contributed by atoms with van der Waals surface area (Å²) in [7, 11) is 0. The Morgan fingerprint density at radius 2 is 1.89 bits per heavy atom. The number of benzene rings is 1. The molecule has 1 aliphatic carbocycles. The van der Waals surface area contributed by atoms with Crippen LogP contribution in [0.15, 0.2) is 12.1 Å². The molecule has 0 heterocycles. The Bertz CT molecular complexity index is 458. The number of hydrogen-bond donors (Lipinski definition) is 1. The van der Waals surface area contributed by atoms with E-state index in [1.807, 2.05) is 6.92 Å². The van der Waals surface area contributed by atoms with Gasteiger partial charge in [0.1, 0.15) is 0 Å². The fourth-order valence-corrected chi connectivity index (χ4v) is 3.01. The highest BCUT2D eigenvalue weighted by Gasteiger charge is 2.42. The number of aliphatic hydroxyl groups is 1. The SMILES string of the molecule is Cc1ccc(C2(O)CCC(C)CC2C)c(F)c1F. The van der Waals surface area contributed by atoms with Crippen molar-refractivity contribution in [2.75, 3.05) is 0 Å². The lowest BCUT2D eigenvalue weighted by Crippen LogP contribution is -2.39. The van der Waals surface area contributed by atoms with Crippen LogP contribution in [0.5, 0.6) is 0 Å². The molecular weight excluding hydrogens is 234 g/mol. The Labute approximate surface area is 107 Å². The monoisotopic (exact) mass is 254 g/mol. The Kier molecular flexibility index (Phi) is 3.45. The summed E-state index contributed by atoms with van der Waals surface area (Å²) >= 11 is 0. The van der Waals surface area contributed by atoms with Crippen LogP contribution in [-0.2, 0) is 5.60 Å². The molecule has 0 saturated heterocycles. The zero-order valence-electron chi connectivity index (χ0n) is 11.1. The van der Waals surface area contributed by atoms with Crippen molar-refractivity contribution in [1.29, 1.82) is 0 Å². The molecule has 0 bridgehead atoms. The minimum atomic E-state index is -1.23. The maximum Gasteiger partial charge on any atom is 0.165 e. The average Bonchev–Trinajstić information content (AvgIpc) is 2.32. The van der Waals surface area contributed by atoms with E-state index >= 15 is 0 Å². The molecule has 1 N–H and O–H groups in total. The van der Waals surface area contributed by atoms with Gasteiger partial charge in [-0.25, -0.2) is 8.78 Å². The van der Waals surface area contributed by atoms with E-state index in [9.17, 15) is 13.9 Å². The quantitative estimate of drug-likeness (QED) is 0.805. The number of hydrogen-bond acceptors (Lipinski definition) is 1. The van der Waals surface area contributed by atoms with Gasteiger partial charge in [0, 0.05) is 5.56 Å². The summed E-state index contributed by atoms with van der Waals surface area (Å²) in [6.07, 6.45) is 2.18. The van der Waals surface area contributed by atoms with Gasteiger partial charge in [-0.05, 0) is 43.6 Å². The lowest BCUT2D eigenvalue weighted by molar-refractivity contribution is -0.0616. The Hall–Kier alpha value is -0.960. The van der Waals surface area contributed by atoms with Crippen LogP contribution in [-0.4, -0.2) is 5.11 Å². The first-order valence-electron chi connectivity index (χ1n) is 6.53. The summed E-state index contributed by atoms with van der Waals surface area (Å²) in [5.41, 5.74) is -0.841. The first kappa shape index (κ1) is 13.5. The summed E-state index contributed by atoms with van der Waals surface area (Å²) in [5.74, 6) is -1.26. The molecule has 1 aliphatic rings. The third-order valence-electron chi connectivity index (χ3n) is 4.33. The second-order valence-electron chi connectivity index (χ2n) is 5.76. The van der Waals surface area contributed by atoms with Gasteiger partial charge in [0.2, 0.25) is 0 Å². The van der Waals surface area contributed by atoms with E-state index in [1.165, 1.54) is 19.1 Å². The van der Waals surface area contributed by atoms with Crippen LogP contribution in [0, 0.1) is 30.4 Å². The van der Waals surface area contributed by atoms with Crippen molar-refractivity contribution < 1.29 is 13.9 Å². The molecule has 0 radical (unpaired) electrons. The Morgan fingerprint density at radius 3 is 2.50 bits per heavy atom. The summed E-state index contributed by atoms with van der Waals surface area (Å²) in [4.78, 5) is 0. The maximum absolute atomic E-state index is 14.0. The Balaban J connectivity index is 2.44. The lowest BCUT2D eigenvalue weighted by Gasteiger charge is -2.41. The minimum Gasteiger partial charge on any atom is -0.385 e. The van der Waals surface area contributed by atoms with Crippen LogP contribution in [0.2, 0.25) is 0 Å². The zero-order valence-corrected chi connectivity index (χ0v) is 11.1. The normalized spacial score (nSPS) is 32.6. The minimum absolute atomic E-state index is 0.0575. The van der Waals surface area contributed by atoms with Gasteiger partial charge in [-0.1, -0.05) is 26.0 Å². The van der Waals surface area contributed by atoms with Crippen LogP contribution in [0.4, 0.5) is 8.78 Å². The van der Waals surface area contributed by atoms with E-state index in [4.69, 9.17) is 0 Å². The van der Waals surface area contributed by atoms with Gasteiger partial charge in [0.15, 0.2) is 11.6 Å². The van der Waals surface area contributed by atoms with Crippen molar-refractivity contribution in [3.8, 4) is 0 Å². The molecule has 3 heteroatoms. The molecule has 3 unspecified atom stereocenters. The summed E-state index contributed by atoms with van der Waals surface area (Å²) in [5, 5.41) is 10.7. The van der Waals surface area contributed by atoms with Crippen LogP contribution in [0.25, 0.3) is 0 Å². The largest absolute Gasteiger partial charge is 0.385 e. The topological polar surface area (TPSA) is 20.2 Å². The van der Waals surface area contributed by atoms with E-state index < -0.39 is 17.2 Å². The standard InChI is InChI=1S/C15H20F2O/c1-9-6-7-15(18,11(3)8-9)12-5-4-10(2)13(16)14(12)17/h4-5,9,11,18H,6-8H2,1-3H3. The molecule has 3 atom stereocenters. The smallest absolute Gasteiger partial charge is 0.165 e. The van der Waals surface area contributed by atoms with Crippen molar-refractivity contribution in [2.45, 2.75) is 45.6 Å². The van der Waals surface area contributed by atoms with E-state index in [1.54, 1.807) is 0 Å². The van der Waals surface area contributed by atoms with E-state index in [0.29, 0.717) is 12.3 Å². The van der Waals surface area contributed by atoms with Gasteiger partial charge in [-0.3, -0.25) is 0 Å². The summed E-state index contributed by atoms with van der Waals surface area (Å²) in [6.45, 7) is 5.56. The molecule has 1 aromatic carbocycles. The van der Waals surface area contributed by atoms with Crippen LogP contribution < -0.4 is 0 Å². The van der Waals surface area contributed by atoms with Gasteiger partial charge in [-0.2, -0.15) is 0 Å². The van der Waals surface area contributed by atoms with Crippen molar-refractivity contribution in [2.24, 2.45) is 11.8 Å². The molecule has 1 fully saturated rings. The Morgan fingerprint density at radius 1 is 1.22 bits per heavy atom. The fourth-order valence-electron chi connectivity index (χ4n) is 3.01. The first-order valence-corrected chi connectivity index (χ1v) is 6.53. The van der Waals surface area contributed by atoms with Crippen LogP contribution >= 0.6 is 0 Å². The first-order chi connectivity index (χ1) is 8.36. The van der Waals surface area contributed by atoms with E-state index in [-0.39, 0.29) is 17.0 Å². The maximum atomic E-state index is 14.0. The second-order valence-corrected chi connectivity index (χ2v) is 5.76. The highest BCUT2D eigenvalue weighted by atomic mass is 19.2. The predicted octanol–water partition coefficient (Wildman–Crippen LogP) is 3.92. The molecule has 18 heavy (non-hydrogen) atoms. The van der Waals surface area contributed by atoms with Crippen LogP contribution in [0.3, 0.4) is 0 Å². The molecule has 100 valence electrons. The molecule has 2 rings (SSSR count).